The van der Waals surface area contributed by atoms with E-state index in [0.717, 1.165) is 17.8 Å². The molecule has 19 heavy (non-hydrogen) atoms. The van der Waals surface area contributed by atoms with Crippen LogP contribution in [0.3, 0.4) is 0 Å². The molecular formula is C11H11F3N4O. The second-order valence-corrected chi connectivity index (χ2v) is 3.82. The highest BCUT2D eigenvalue weighted by atomic mass is 19.4. The van der Waals surface area contributed by atoms with E-state index in [1.807, 2.05) is 0 Å². The standard InChI is InChI=1S/C11H11F3N4O/c1-6-3-10(18-17-6)19-9-5-7(11(12,13)14)4-8(15-2)16-9/h3-5H,1-2H3,(H,15,16)(H,17,18). The van der Waals surface area contributed by atoms with Crippen molar-refractivity contribution in [1.82, 2.24) is 15.2 Å². The number of nitrogens with zero attached hydrogens (tertiary/aromatic N) is 2. The molecule has 0 amide bonds. The van der Waals surface area contributed by atoms with Gasteiger partial charge in [-0.3, -0.25) is 5.10 Å². The topological polar surface area (TPSA) is 62.8 Å². The van der Waals surface area contributed by atoms with E-state index in [9.17, 15) is 13.2 Å². The predicted octanol–water partition coefficient (Wildman–Crippen LogP) is 2.97. The van der Waals surface area contributed by atoms with Crippen LogP contribution in [0.1, 0.15) is 11.3 Å². The lowest BCUT2D eigenvalue weighted by Crippen LogP contribution is -2.07. The molecule has 0 spiro atoms. The lowest BCUT2D eigenvalue weighted by molar-refractivity contribution is -0.137. The van der Waals surface area contributed by atoms with Gasteiger partial charge in [-0.05, 0) is 13.0 Å². The molecule has 0 fully saturated rings. The van der Waals surface area contributed by atoms with Gasteiger partial charge in [0.15, 0.2) is 0 Å². The first-order valence-electron chi connectivity index (χ1n) is 5.35. The molecule has 0 aliphatic carbocycles. The van der Waals surface area contributed by atoms with Gasteiger partial charge < -0.3 is 10.1 Å². The Morgan fingerprint density at radius 1 is 1.21 bits per heavy atom. The number of anilines is 1. The highest BCUT2D eigenvalue weighted by Gasteiger charge is 2.32. The average Bonchev–Trinajstić information content (AvgIpc) is 2.73. The number of ether oxygens (including phenoxy) is 1. The third-order valence-electron chi connectivity index (χ3n) is 2.28. The zero-order chi connectivity index (χ0) is 14.0. The fourth-order valence-electron chi connectivity index (χ4n) is 1.40. The molecule has 2 N–H and O–H groups in total. The monoisotopic (exact) mass is 272 g/mol. The Balaban J connectivity index is 2.34. The summed E-state index contributed by atoms with van der Waals surface area (Å²) in [6.45, 7) is 1.75. The minimum Gasteiger partial charge on any atom is -0.419 e. The summed E-state index contributed by atoms with van der Waals surface area (Å²) < 4.78 is 43.3. The maximum Gasteiger partial charge on any atom is 0.416 e. The fourth-order valence-corrected chi connectivity index (χ4v) is 1.40. The van der Waals surface area contributed by atoms with E-state index in [1.165, 1.54) is 7.05 Å². The summed E-state index contributed by atoms with van der Waals surface area (Å²) in [5, 5.41) is 8.94. The third-order valence-corrected chi connectivity index (χ3v) is 2.28. The smallest absolute Gasteiger partial charge is 0.416 e. The number of aromatic nitrogens is 3. The summed E-state index contributed by atoms with van der Waals surface area (Å²) in [5.74, 6) is 0.0501. The highest BCUT2D eigenvalue weighted by molar-refractivity contribution is 5.42. The molecule has 0 radical (unpaired) electrons. The van der Waals surface area contributed by atoms with E-state index in [2.05, 4.69) is 20.5 Å². The van der Waals surface area contributed by atoms with Gasteiger partial charge in [-0.1, -0.05) is 0 Å². The van der Waals surface area contributed by atoms with Crippen molar-refractivity contribution in [2.75, 3.05) is 12.4 Å². The first-order chi connectivity index (χ1) is 8.88. The first-order valence-corrected chi connectivity index (χ1v) is 5.35. The molecule has 0 aliphatic rings. The van der Waals surface area contributed by atoms with Crippen LogP contribution in [0.25, 0.3) is 0 Å². The van der Waals surface area contributed by atoms with Gasteiger partial charge in [0.25, 0.3) is 0 Å². The summed E-state index contributed by atoms with van der Waals surface area (Å²) in [4.78, 5) is 3.88. The van der Waals surface area contributed by atoms with Crippen molar-refractivity contribution in [2.45, 2.75) is 13.1 Å². The SMILES string of the molecule is CNc1cc(C(F)(F)F)cc(Oc2cc(C)[nH]n2)n1. The maximum atomic E-state index is 12.7. The molecule has 2 aromatic heterocycles. The van der Waals surface area contributed by atoms with Crippen molar-refractivity contribution >= 4 is 5.82 Å². The summed E-state index contributed by atoms with van der Waals surface area (Å²) in [6, 6.07) is 3.29. The molecule has 2 aromatic rings. The van der Waals surface area contributed by atoms with E-state index in [-0.39, 0.29) is 17.6 Å². The molecule has 0 bridgehead atoms. The number of rotatable bonds is 3. The van der Waals surface area contributed by atoms with Crippen molar-refractivity contribution in [2.24, 2.45) is 0 Å². The minimum absolute atomic E-state index is 0.0667. The Bertz CT molecular complexity index is 580. The second-order valence-electron chi connectivity index (χ2n) is 3.82. The van der Waals surface area contributed by atoms with Crippen LogP contribution in [-0.4, -0.2) is 22.2 Å². The number of pyridine rings is 1. The normalized spacial score (nSPS) is 11.4. The van der Waals surface area contributed by atoms with E-state index in [1.54, 1.807) is 13.0 Å². The Hall–Kier alpha value is -2.25. The van der Waals surface area contributed by atoms with Gasteiger partial charge in [0.2, 0.25) is 11.8 Å². The second kappa shape index (κ2) is 4.79. The number of halogens is 3. The van der Waals surface area contributed by atoms with Crippen LogP contribution in [0.15, 0.2) is 18.2 Å². The van der Waals surface area contributed by atoms with Crippen LogP contribution >= 0.6 is 0 Å². The molecule has 0 aliphatic heterocycles. The summed E-state index contributed by atoms with van der Waals surface area (Å²) in [5.41, 5.74) is -0.107. The first kappa shape index (κ1) is 13.2. The largest absolute Gasteiger partial charge is 0.419 e. The van der Waals surface area contributed by atoms with Gasteiger partial charge in [0.05, 0.1) is 5.56 Å². The van der Waals surface area contributed by atoms with Gasteiger partial charge in [-0.25, -0.2) is 0 Å². The summed E-state index contributed by atoms with van der Waals surface area (Å²) in [6.07, 6.45) is -4.46. The van der Waals surface area contributed by atoms with Crippen LogP contribution in [0.5, 0.6) is 11.8 Å². The van der Waals surface area contributed by atoms with Crippen LogP contribution in [0, 0.1) is 6.92 Å². The number of aryl methyl sites for hydroxylation is 1. The minimum atomic E-state index is -4.46. The number of hydrogen-bond donors (Lipinski definition) is 2. The van der Waals surface area contributed by atoms with E-state index in [4.69, 9.17) is 4.74 Å². The predicted molar refractivity (Wildman–Crippen MR) is 62.2 cm³/mol. The molecule has 0 aromatic carbocycles. The van der Waals surface area contributed by atoms with E-state index >= 15 is 0 Å². The molecule has 0 atom stereocenters. The fraction of sp³-hybridized carbons (Fsp3) is 0.273. The quantitative estimate of drug-likeness (QED) is 0.901. The van der Waals surface area contributed by atoms with Crippen LogP contribution in [0.4, 0.5) is 19.0 Å². The molecule has 0 unspecified atom stereocenters. The number of aromatic amines is 1. The Morgan fingerprint density at radius 3 is 2.47 bits per heavy atom. The number of hydrogen-bond acceptors (Lipinski definition) is 4. The van der Waals surface area contributed by atoms with Gasteiger partial charge in [-0.2, -0.15) is 18.2 Å². The van der Waals surface area contributed by atoms with Gasteiger partial charge in [-0.15, -0.1) is 5.10 Å². The van der Waals surface area contributed by atoms with Gasteiger partial charge in [0.1, 0.15) is 5.82 Å². The highest BCUT2D eigenvalue weighted by Crippen LogP contribution is 2.33. The van der Waals surface area contributed by atoms with Crippen molar-refractivity contribution in [3.63, 3.8) is 0 Å². The maximum absolute atomic E-state index is 12.7. The van der Waals surface area contributed by atoms with Crippen LogP contribution in [-0.2, 0) is 6.18 Å². The summed E-state index contributed by atoms with van der Waals surface area (Å²) in [7, 11) is 1.48. The lowest BCUT2D eigenvalue weighted by Gasteiger charge is -2.10. The number of alkyl halides is 3. The summed E-state index contributed by atoms with van der Waals surface area (Å²) >= 11 is 0. The van der Waals surface area contributed by atoms with Crippen molar-refractivity contribution in [1.29, 1.82) is 0 Å². The average molecular weight is 272 g/mol. The molecular weight excluding hydrogens is 261 g/mol. The molecule has 5 nitrogen and oxygen atoms in total. The Morgan fingerprint density at radius 2 is 1.95 bits per heavy atom. The van der Waals surface area contributed by atoms with Crippen molar-refractivity contribution < 1.29 is 17.9 Å². The number of nitrogens with one attached hydrogen (secondary N) is 2. The molecule has 0 saturated carbocycles. The van der Waals surface area contributed by atoms with E-state index in [0.29, 0.717) is 0 Å². The van der Waals surface area contributed by atoms with E-state index < -0.39 is 11.7 Å². The zero-order valence-corrected chi connectivity index (χ0v) is 10.2. The Labute approximate surface area is 106 Å². The Kier molecular flexibility index (Phi) is 3.32. The molecule has 8 heteroatoms. The van der Waals surface area contributed by atoms with Crippen LogP contribution < -0.4 is 10.1 Å². The molecule has 2 heterocycles. The number of H-pyrrole nitrogens is 1. The molecule has 2 rings (SSSR count). The zero-order valence-electron chi connectivity index (χ0n) is 10.2. The lowest BCUT2D eigenvalue weighted by atomic mass is 10.2. The van der Waals surface area contributed by atoms with Crippen molar-refractivity contribution in [3.05, 3.63) is 29.5 Å². The molecule has 102 valence electrons. The van der Waals surface area contributed by atoms with Gasteiger partial charge >= 0.3 is 6.18 Å². The third kappa shape index (κ3) is 3.15. The van der Waals surface area contributed by atoms with Gasteiger partial charge in [0, 0.05) is 24.9 Å². The molecule has 0 saturated heterocycles. The van der Waals surface area contributed by atoms with Crippen LogP contribution in [0.2, 0.25) is 0 Å². The van der Waals surface area contributed by atoms with Crippen molar-refractivity contribution in [3.8, 4) is 11.8 Å².